The van der Waals surface area contributed by atoms with Gasteiger partial charge in [-0.25, -0.2) is 0 Å². The number of hydrogen-bond acceptors (Lipinski definition) is 2. The summed E-state index contributed by atoms with van der Waals surface area (Å²) in [7, 11) is 12.6. The van der Waals surface area contributed by atoms with E-state index in [4.69, 9.17) is 16.0 Å². The van der Waals surface area contributed by atoms with Crippen LogP contribution in [0.1, 0.15) is 35.1 Å². The first-order chi connectivity index (χ1) is 15.7. The van der Waals surface area contributed by atoms with E-state index in [-0.39, 0.29) is 0 Å². The molecule has 0 atom stereocenters. The van der Waals surface area contributed by atoms with E-state index >= 15 is 0 Å². The minimum absolute atomic E-state index is 0.575. The van der Waals surface area contributed by atoms with Gasteiger partial charge in [0, 0.05) is 0 Å². The van der Waals surface area contributed by atoms with Crippen LogP contribution in [0.5, 0.6) is 0 Å². The maximum atomic E-state index is 6.32. The standard InChI is InChI=1S/C28H26B2N2/c29-31-27(23-13-5-1-6-14-23,24-15-7-2-8-16-24)21-22-28(32-30,25-17-9-3-10-18-25)26-19-11-4-12-20-26/h1-20,31-32H,21-22H2. The highest BCUT2D eigenvalue weighted by molar-refractivity contribution is 6.05. The van der Waals surface area contributed by atoms with Crippen molar-refractivity contribution in [3.05, 3.63) is 144 Å². The molecule has 0 aliphatic carbocycles. The second-order valence-electron chi connectivity index (χ2n) is 8.06. The Labute approximate surface area is 194 Å². The van der Waals surface area contributed by atoms with Crippen LogP contribution in [0.4, 0.5) is 0 Å². The van der Waals surface area contributed by atoms with Crippen molar-refractivity contribution < 1.29 is 0 Å². The van der Waals surface area contributed by atoms with Gasteiger partial charge < -0.3 is 10.5 Å². The summed E-state index contributed by atoms with van der Waals surface area (Å²) in [6.45, 7) is 0. The Balaban J connectivity index is 1.83. The SMILES string of the molecule is [B]NC(CCC(N[B])(c1ccccc1)c1ccccc1)(c1ccccc1)c1ccccc1. The fourth-order valence-electron chi connectivity index (χ4n) is 4.65. The number of rotatable bonds is 9. The molecule has 4 rings (SSSR count). The monoisotopic (exact) mass is 412 g/mol. The molecule has 0 heterocycles. The molecule has 2 nitrogen and oxygen atoms in total. The molecule has 4 aromatic rings. The fraction of sp³-hybridized carbons (Fsp3) is 0.143. The third kappa shape index (κ3) is 4.17. The zero-order chi connectivity index (χ0) is 22.3. The fourth-order valence-corrected chi connectivity index (χ4v) is 4.65. The Morgan fingerprint density at radius 2 is 0.625 bits per heavy atom. The van der Waals surface area contributed by atoms with Gasteiger partial charge >= 0.3 is 0 Å². The third-order valence-corrected chi connectivity index (χ3v) is 6.43. The first kappa shape index (κ1) is 22.1. The molecule has 32 heavy (non-hydrogen) atoms. The van der Waals surface area contributed by atoms with Crippen molar-refractivity contribution in [2.45, 2.75) is 23.9 Å². The summed E-state index contributed by atoms with van der Waals surface area (Å²) in [5, 5.41) is 6.36. The molecule has 0 aromatic heterocycles. The molecule has 4 heteroatoms. The zero-order valence-corrected chi connectivity index (χ0v) is 18.1. The number of nitrogens with one attached hydrogen (secondary N) is 2. The summed E-state index contributed by atoms with van der Waals surface area (Å²) < 4.78 is 0. The van der Waals surface area contributed by atoms with Crippen LogP contribution in [0.15, 0.2) is 121 Å². The van der Waals surface area contributed by atoms with Gasteiger partial charge in [0.05, 0.1) is 11.1 Å². The van der Waals surface area contributed by atoms with E-state index in [2.05, 4.69) is 59.0 Å². The number of hydrogen-bond donors (Lipinski definition) is 2. The molecule has 2 N–H and O–H groups in total. The molecule has 0 aliphatic rings. The smallest absolute Gasteiger partial charge is 0.179 e. The van der Waals surface area contributed by atoms with E-state index in [9.17, 15) is 0 Å². The first-order valence-electron chi connectivity index (χ1n) is 10.9. The summed E-state index contributed by atoms with van der Waals surface area (Å²) in [6.07, 6.45) is 1.43. The van der Waals surface area contributed by atoms with Gasteiger partial charge in [0.25, 0.3) is 0 Å². The van der Waals surface area contributed by atoms with Gasteiger partial charge in [0.2, 0.25) is 0 Å². The molecule has 0 aliphatic heterocycles. The quantitative estimate of drug-likeness (QED) is 0.378. The Kier molecular flexibility index (Phi) is 6.94. The molecule has 154 valence electrons. The summed E-state index contributed by atoms with van der Waals surface area (Å²) in [4.78, 5) is 0. The Bertz CT molecular complexity index is 917. The van der Waals surface area contributed by atoms with Crippen molar-refractivity contribution in [2.75, 3.05) is 0 Å². The van der Waals surface area contributed by atoms with Crippen LogP contribution in [0.2, 0.25) is 0 Å². The van der Waals surface area contributed by atoms with E-state index < -0.39 is 11.1 Å². The molecular weight excluding hydrogens is 386 g/mol. The van der Waals surface area contributed by atoms with E-state index in [0.29, 0.717) is 12.8 Å². The van der Waals surface area contributed by atoms with Gasteiger partial charge in [-0.2, -0.15) is 0 Å². The molecule has 0 amide bonds. The van der Waals surface area contributed by atoms with Crippen LogP contribution in [0.3, 0.4) is 0 Å². The molecular formula is C28H26B2N2. The van der Waals surface area contributed by atoms with Crippen LogP contribution in [0.25, 0.3) is 0 Å². The van der Waals surface area contributed by atoms with Gasteiger partial charge in [-0.1, -0.05) is 121 Å². The topological polar surface area (TPSA) is 24.1 Å². The average Bonchev–Trinajstić information content (AvgIpc) is 2.89. The summed E-state index contributed by atoms with van der Waals surface area (Å²) in [6, 6.07) is 41.4. The van der Waals surface area contributed by atoms with E-state index in [1.807, 2.05) is 72.8 Å². The van der Waals surface area contributed by atoms with E-state index in [1.54, 1.807) is 0 Å². The van der Waals surface area contributed by atoms with Crippen molar-refractivity contribution in [3.8, 4) is 0 Å². The molecule has 4 radical (unpaired) electrons. The zero-order valence-electron chi connectivity index (χ0n) is 18.1. The van der Waals surface area contributed by atoms with Gasteiger partial charge in [-0.3, -0.25) is 0 Å². The molecule has 0 fully saturated rings. The highest BCUT2D eigenvalue weighted by Gasteiger charge is 2.38. The van der Waals surface area contributed by atoms with Crippen LogP contribution in [-0.2, 0) is 11.1 Å². The van der Waals surface area contributed by atoms with Crippen LogP contribution < -0.4 is 10.5 Å². The van der Waals surface area contributed by atoms with E-state index in [1.165, 1.54) is 0 Å². The van der Waals surface area contributed by atoms with E-state index in [0.717, 1.165) is 22.3 Å². The molecule has 0 saturated carbocycles. The summed E-state index contributed by atoms with van der Waals surface area (Å²) in [5.41, 5.74) is 3.30. The maximum Gasteiger partial charge on any atom is 0.179 e. The van der Waals surface area contributed by atoms with Crippen LogP contribution in [0, 0.1) is 0 Å². The lowest BCUT2D eigenvalue weighted by Gasteiger charge is -2.42. The lowest BCUT2D eigenvalue weighted by atomic mass is 9.71. The van der Waals surface area contributed by atoms with Gasteiger partial charge in [-0.15, -0.1) is 0 Å². The predicted octanol–water partition coefficient (Wildman–Crippen LogP) is 5.00. The number of benzene rings is 4. The van der Waals surface area contributed by atoms with Gasteiger partial charge in [0.1, 0.15) is 0 Å². The molecule has 0 saturated heterocycles. The van der Waals surface area contributed by atoms with Crippen molar-refractivity contribution >= 4 is 16.0 Å². The Morgan fingerprint density at radius 1 is 0.406 bits per heavy atom. The highest BCUT2D eigenvalue weighted by atomic mass is 14.9. The second-order valence-corrected chi connectivity index (χ2v) is 8.06. The molecule has 0 unspecified atom stereocenters. The van der Waals surface area contributed by atoms with Crippen LogP contribution in [-0.4, -0.2) is 16.0 Å². The predicted molar refractivity (Wildman–Crippen MR) is 134 cm³/mol. The van der Waals surface area contributed by atoms with Crippen molar-refractivity contribution in [1.29, 1.82) is 0 Å². The summed E-state index contributed by atoms with van der Waals surface area (Å²) >= 11 is 0. The highest BCUT2D eigenvalue weighted by Crippen LogP contribution is 2.41. The van der Waals surface area contributed by atoms with Crippen molar-refractivity contribution in [3.63, 3.8) is 0 Å². The summed E-state index contributed by atoms with van der Waals surface area (Å²) in [5.74, 6) is 0. The molecule has 0 spiro atoms. The molecule has 0 bridgehead atoms. The normalized spacial score (nSPS) is 11.9. The lowest BCUT2D eigenvalue weighted by molar-refractivity contribution is 0.351. The maximum absolute atomic E-state index is 6.32. The van der Waals surface area contributed by atoms with Crippen molar-refractivity contribution in [1.82, 2.24) is 10.5 Å². The first-order valence-corrected chi connectivity index (χ1v) is 10.9. The minimum Gasteiger partial charge on any atom is -0.354 e. The largest absolute Gasteiger partial charge is 0.354 e. The second kappa shape index (κ2) is 10.0. The average molecular weight is 412 g/mol. The minimum atomic E-state index is -0.575. The van der Waals surface area contributed by atoms with Gasteiger partial charge in [-0.05, 0) is 35.1 Å². The third-order valence-electron chi connectivity index (χ3n) is 6.43. The molecule has 4 aromatic carbocycles. The Hall–Kier alpha value is -3.07. The lowest BCUT2D eigenvalue weighted by Crippen LogP contribution is -2.47. The Morgan fingerprint density at radius 3 is 0.812 bits per heavy atom. The van der Waals surface area contributed by atoms with Crippen molar-refractivity contribution in [2.24, 2.45) is 0 Å². The van der Waals surface area contributed by atoms with Gasteiger partial charge in [0.15, 0.2) is 16.0 Å². The van der Waals surface area contributed by atoms with Crippen LogP contribution >= 0.6 is 0 Å².